The molecular formula is C13H18ClN3O2. The number of halogens is 1. The number of rotatable bonds is 1. The minimum Gasteiger partial charge on any atom is -0.477 e. The molecule has 2 aliphatic heterocycles. The maximum Gasteiger partial charge on any atom is 0.276 e. The maximum atomic E-state index is 12.6. The molecule has 1 amide bonds. The third kappa shape index (κ3) is 2.20. The van der Waals surface area contributed by atoms with Crippen molar-refractivity contribution >= 4 is 17.5 Å². The van der Waals surface area contributed by atoms with Crippen molar-refractivity contribution in [3.63, 3.8) is 0 Å². The van der Waals surface area contributed by atoms with Crippen molar-refractivity contribution < 1.29 is 9.53 Å². The van der Waals surface area contributed by atoms with Crippen LogP contribution in [0, 0.1) is 0 Å². The van der Waals surface area contributed by atoms with Crippen molar-refractivity contribution in [1.29, 1.82) is 0 Å². The van der Waals surface area contributed by atoms with Crippen LogP contribution >= 0.6 is 11.6 Å². The van der Waals surface area contributed by atoms with Gasteiger partial charge in [-0.2, -0.15) is 5.10 Å². The van der Waals surface area contributed by atoms with E-state index >= 15 is 0 Å². The molecular weight excluding hydrogens is 266 g/mol. The normalized spacial score (nSPS) is 22.8. The third-order valence-electron chi connectivity index (χ3n) is 3.87. The molecule has 1 saturated heterocycles. The van der Waals surface area contributed by atoms with Gasteiger partial charge < -0.3 is 9.64 Å². The van der Waals surface area contributed by atoms with Crippen LogP contribution in [-0.4, -0.2) is 39.8 Å². The first-order valence-electron chi connectivity index (χ1n) is 6.88. The fourth-order valence-corrected chi connectivity index (χ4v) is 3.04. The standard InChI is InChI=1S/C13H18ClN3O2/c1-9-5-2-3-6-16(9)12(18)11-10(14)13-17(15-11)7-4-8-19-13/h9H,2-8H2,1H3. The molecule has 1 atom stereocenters. The largest absolute Gasteiger partial charge is 0.477 e. The summed E-state index contributed by atoms with van der Waals surface area (Å²) in [4.78, 5) is 14.4. The number of amides is 1. The highest BCUT2D eigenvalue weighted by molar-refractivity contribution is 6.34. The quantitative estimate of drug-likeness (QED) is 0.795. The molecule has 0 N–H and O–H groups in total. The van der Waals surface area contributed by atoms with E-state index in [2.05, 4.69) is 12.0 Å². The van der Waals surface area contributed by atoms with Crippen LogP contribution in [0.3, 0.4) is 0 Å². The van der Waals surface area contributed by atoms with Gasteiger partial charge in [-0.1, -0.05) is 11.6 Å². The van der Waals surface area contributed by atoms with E-state index < -0.39 is 0 Å². The lowest BCUT2D eigenvalue weighted by molar-refractivity contribution is 0.0628. The summed E-state index contributed by atoms with van der Waals surface area (Å²) >= 11 is 6.25. The Bertz CT molecular complexity index is 500. The van der Waals surface area contributed by atoms with Crippen LogP contribution in [0.5, 0.6) is 5.88 Å². The van der Waals surface area contributed by atoms with Crippen LogP contribution in [0.1, 0.15) is 43.1 Å². The molecule has 2 aliphatic rings. The van der Waals surface area contributed by atoms with E-state index in [4.69, 9.17) is 16.3 Å². The number of aryl methyl sites for hydroxylation is 1. The highest BCUT2D eigenvalue weighted by Crippen LogP contribution is 2.32. The van der Waals surface area contributed by atoms with Crippen LogP contribution in [-0.2, 0) is 6.54 Å². The van der Waals surface area contributed by atoms with E-state index in [1.807, 2.05) is 4.90 Å². The van der Waals surface area contributed by atoms with Crippen LogP contribution in [0.2, 0.25) is 5.02 Å². The Hall–Kier alpha value is -1.23. The molecule has 6 heteroatoms. The Morgan fingerprint density at radius 2 is 2.21 bits per heavy atom. The van der Waals surface area contributed by atoms with E-state index in [0.717, 1.165) is 32.4 Å². The number of nitrogens with zero attached hydrogens (tertiary/aromatic N) is 3. The second-order valence-corrected chi connectivity index (χ2v) is 5.61. The van der Waals surface area contributed by atoms with Crippen LogP contribution in [0.25, 0.3) is 0 Å². The van der Waals surface area contributed by atoms with Gasteiger partial charge in [0, 0.05) is 25.6 Å². The molecule has 1 aromatic rings. The van der Waals surface area contributed by atoms with Gasteiger partial charge in [-0.15, -0.1) is 0 Å². The van der Waals surface area contributed by atoms with Crippen molar-refractivity contribution in [2.75, 3.05) is 13.2 Å². The van der Waals surface area contributed by atoms with Crippen LogP contribution in [0.15, 0.2) is 0 Å². The van der Waals surface area contributed by atoms with Gasteiger partial charge in [0.05, 0.1) is 6.61 Å². The zero-order chi connectivity index (χ0) is 13.4. The highest BCUT2D eigenvalue weighted by atomic mass is 35.5. The number of hydrogen-bond donors (Lipinski definition) is 0. The van der Waals surface area contributed by atoms with Crippen molar-refractivity contribution in [1.82, 2.24) is 14.7 Å². The number of likely N-dealkylation sites (tertiary alicyclic amines) is 1. The van der Waals surface area contributed by atoms with E-state index in [9.17, 15) is 4.79 Å². The van der Waals surface area contributed by atoms with E-state index in [1.165, 1.54) is 6.42 Å². The lowest BCUT2D eigenvalue weighted by atomic mass is 10.0. The summed E-state index contributed by atoms with van der Waals surface area (Å²) in [5.41, 5.74) is 0.340. The second-order valence-electron chi connectivity index (χ2n) is 5.24. The lowest BCUT2D eigenvalue weighted by Crippen LogP contribution is -2.42. The summed E-state index contributed by atoms with van der Waals surface area (Å²) in [7, 11) is 0. The number of fused-ring (bicyclic) bond motifs is 1. The lowest BCUT2D eigenvalue weighted by Gasteiger charge is -2.32. The molecule has 3 heterocycles. The summed E-state index contributed by atoms with van der Waals surface area (Å²) in [5, 5.41) is 4.69. The SMILES string of the molecule is CC1CCCCN1C(=O)c1nn2c(c1Cl)OCCC2. The summed E-state index contributed by atoms with van der Waals surface area (Å²) < 4.78 is 7.20. The van der Waals surface area contributed by atoms with Crippen LogP contribution < -0.4 is 4.74 Å². The van der Waals surface area contributed by atoms with Gasteiger partial charge in [0.1, 0.15) is 5.02 Å². The smallest absolute Gasteiger partial charge is 0.276 e. The Kier molecular flexibility index (Phi) is 3.39. The number of carbonyl (C=O) groups excluding carboxylic acids is 1. The van der Waals surface area contributed by atoms with Gasteiger partial charge in [-0.25, -0.2) is 4.68 Å². The monoisotopic (exact) mass is 283 g/mol. The highest BCUT2D eigenvalue weighted by Gasteiger charge is 2.31. The zero-order valence-electron chi connectivity index (χ0n) is 11.1. The molecule has 0 aromatic carbocycles. The molecule has 3 rings (SSSR count). The summed E-state index contributed by atoms with van der Waals surface area (Å²) in [6.45, 7) is 4.27. The molecule has 0 bridgehead atoms. The number of hydrogen-bond acceptors (Lipinski definition) is 3. The predicted molar refractivity (Wildman–Crippen MR) is 71.7 cm³/mol. The average Bonchev–Trinajstić information content (AvgIpc) is 2.77. The van der Waals surface area contributed by atoms with Crippen molar-refractivity contribution in [2.45, 2.75) is 45.2 Å². The number of ether oxygens (including phenoxy) is 1. The molecule has 104 valence electrons. The molecule has 19 heavy (non-hydrogen) atoms. The van der Waals surface area contributed by atoms with Gasteiger partial charge in [-0.3, -0.25) is 4.79 Å². The molecule has 1 unspecified atom stereocenters. The van der Waals surface area contributed by atoms with Gasteiger partial charge in [0.25, 0.3) is 5.91 Å². The Balaban J connectivity index is 1.89. The van der Waals surface area contributed by atoms with Crippen molar-refractivity contribution in [3.05, 3.63) is 10.7 Å². The Labute approximate surface area is 117 Å². The first kappa shape index (κ1) is 12.8. The van der Waals surface area contributed by atoms with Gasteiger partial charge in [0.15, 0.2) is 5.69 Å². The fraction of sp³-hybridized carbons (Fsp3) is 0.692. The summed E-state index contributed by atoms with van der Waals surface area (Å²) in [6.07, 6.45) is 4.19. The molecule has 1 aromatic heterocycles. The van der Waals surface area contributed by atoms with E-state index in [1.54, 1.807) is 4.68 Å². The van der Waals surface area contributed by atoms with Crippen LogP contribution in [0.4, 0.5) is 0 Å². The second kappa shape index (κ2) is 5.04. The molecule has 0 radical (unpaired) electrons. The fourth-order valence-electron chi connectivity index (χ4n) is 2.77. The van der Waals surface area contributed by atoms with E-state index in [0.29, 0.717) is 23.2 Å². The average molecular weight is 284 g/mol. The topological polar surface area (TPSA) is 47.4 Å². The Morgan fingerprint density at radius 3 is 2.95 bits per heavy atom. The van der Waals surface area contributed by atoms with E-state index in [-0.39, 0.29) is 11.9 Å². The third-order valence-corrected chi connectivity index (χ3v) is 4.21. The summed E-state index contributed by atoms with van der Waals surface area (Å²) in [5.74, 6) is 0.476. The van der Waals surface area contributed by atoms with Gasteiger partial charge in [0.2, 0.25) is 5.88 Å². The van der Waals surface area contributed by atoms with Crippen molar-refractivity contribution in [2.24, 2.45) is 0 Å². The molecule has 1 fully saturated rings. The molecule has 0 aliphatic carbocycles. The summed E-state index contributed by atoms with van der Waals surface area (Å²) in [6, 6.07) is 0.261. The van der Waals surface area contributed by atoms with Gasteiger partial charge in [-0.05, 0) is 26.2 Å². The van der Waals surface area contributed by atoms with Gasteiger partial charge >= 0.3 is 0 Å². The maximum absolute atomic E-state index is 12.6. The molecule has 5 nitrogen and oxygen atoms in total. The molecule has 0 spiro atoms. The number of aromatic nitrogens is 2. The van der Waals surface area contributed by atoms with Crippen molar-refractivity contribution in [3.8, 4) is 5.88 Å². The predicted octanol–water partition coefficient (Wildman–Crippen LogP) is 2.33. The minimum atomic E-state index is -0.0669. The zero-order valence-corrected chi connectivity index (χ0v) is 11.8. The minimum absolute atomic E-state index is 0.0669. The number of carbonyl (C=O) groups is 1. The number of piperidine rings is 1. The first-order chi connectivity index (χ1) is 9.18. The Morgan fingerprint density at radius 1 is 1.37 bits per heavy atom. The first-order valence-corrected chi connectivity index (χ1v) is 7.26. The molecule has 0 saturated carbocycles.